The summed E-state index contributed by atoms with van der Waals surface area (Å²) >= 11 is 0. The average Bonchev–Trinajstić information content (AvgIpc) is 2.80. The van der Waals surface area contributed by atoms with Crippen molar-refractivity contribution in [1.82, 2.24) is 0 Å². The second kappa shape index (κ2) is 3.53. The summed E-state index contributed by atoms with van der Waals surface area (Å²) in [5.41, 5.74) is 8.62. The standard InChI is InChI=1S/C13H20N2/c1-13(2,3)15-12-7-5-4-6-9(12)10-8-11(10)14/h4-7,10-11,15H,8,14H2,1-3H3/t10?,11-/m1/s1. The average molecular weight is 204 g/mol. The molecule has 3 N–H and O–H groups in total. The minimum atomic E-state index is 0.106. The minimum Gasteiger partial charge on any atom is -0.380 e. The second-order valence-corrected chi connectivity index (χ2v) is 5.47. The first kappa shape index (κ1) is 10.5. The summed E-state index contributed by atoms with van der Waals surface area (Å²) in [6.07, 6.45) is 1.13. The Morgan fingerprint density at radius 1 is 1.27 bits per heavy atom. The van der Waals surface area contributed by atoms with Crippen molar-refractivity contribution in [2.24, 2.45) is 5.73 Å². The van der Waals surface area contributed by atoms with Crippen LogP contribution in [0.2, 0.25) is 0 Å². The van der Waals surface area contributed by atoms with E-state index in [-0.39, 0.29) is 5.54 Å². The molecule has 2 rings (SSSR count). The van der Waals surface area contributed by atoms with E-state index < -0.39 is 0 Å². The van der Waals surface area contributed by atoms with Crippen molar-refractivity contribution >= 4 is 5.69 Å². The molecular formula is C13H20N2. The smallest absolute Gasteiger partial charge is 0.0380 e. The summed E-state index contributed by atoms with van der Waals surface area (Å²) in [6.45, 7) is 6.53. The predicted molar refractivity (Wildman–Crippen MR) is 65.2 cm³/mol. The Morgan fingerprint density at radius 2 is 1.87 bits per heavy atom. The summed E-state index contributed by atoms with van der Waals surface area (Å²) in [5, 5.41) is 3.54. The van der Waals surface area contributed by atoms with Gasteiger partial charge in [0.25, 0.3) is 0 Å². The van der Waals surface area contributed by atoms with E-state index in [0.717, 1.165) is 6.42 Å². The van der Waals surface area contributed by atoms with Gasteiger partial charge in [0.05, 0.1) is 0 Å². The van der Waals surface area contributed by atoms with E-state index >= 15 is 0 Å². The topological polar surface area (TPSA) is 38.0 Å². The van der Waals surface area contributed by atoms with E-state index in [9.17, 15) is 0 Å². The van der Waals surface area contributed by atoms with Crippen LogP contribution >= 0.6 is 0 Å². The van der Waals surface area contributed by atoms with E-state index in [1.165, 1.54) is 11.3 Å². The normalized spacial score (nSPS) is 25.1. The molecule has 1 unspecified atom stereocenters. The molecule has 0 saturated heterocycles. The number of hydrogen-bond acceptors (Lipinski definition) is 2. The fraction of sp³-hybridized carbons (Fsp3) is 0.538. The fourth-order valence-corrected chi connectivity index (χ4v) is 1.91. The van der Waals surface area contributed by atoms with Crippen LogP contribution in [0.25, 0.3) is 0 Å². The van der Waals surface area contributed by atoms with Crippen molar-refractivity contribution in [1.29, 1.82) is 0 Å². The van der Waals surface area contributed by atoms with E-state index in [4.69, 9.17) is 5.73 Å². The van der Waals surface area contributed by atoms with Crippen LogP contribution in [0.1, 0.15) is 38.7 Å². The molecule has 0 spiro atoms. The van der Waals surface area contributed by atoms with E-state index in [2.05, 4.69) is 50.4 Å². The van der Waals surface area contributed by atoms with Crippen molar-refractivity contribution in [3.63, 3.8) is 0 Å². The van der Waals surface area contributed by atoms with Gasteiger partial charge in [-0.15, -0.1) is 0 Å². The van der Waals surface area contributed by atoms with Crippen LogP contribution < -0.4 is 11.1 Å². The maximum absolute atomic E-state index is 5.90. The molecule has 1 saturated carbocycles. The molecule has 1 aliphatic carbocycles. The molecule has 0 bridgehead atoms. The van der Waals surface area contributed by atoms with Gasteiger partial charge >= 0.3 is 0 Å². The van der Waals surface area contributed by atoms with E-state index in [0.29, 0.717) is 12.0 Å². The molecule has 82 valence electrons. The van der Waals surface area contributed by atoms with Gasteiger partial charge in [0.15, 0.2) is 0 Å². The molecule has 15 heavy (non-hydrogen) atoms. The third kappa shape index (κ3) is 2.51. The molecule has 0 heterocycles. The number of nitrogens with one attached hydrogen (secondary N) is 1. The zero-order chi connectivity index (χ0) is 11.1. The predicted octanol–water partition coefficient (Wildman–Crippen LogP) is 2.71. The van der Waals surface area contributed by atoms with Crippen LogP contribution in [0, 0.1) is 0 Å². The SMILES string of the molecule is CC(C)(C)Nc1ccccc1C1C[C@H]1N. The second-order valence-electron chi connectivity index (χ2n) is 5.47. The summed E-state index contributed by atoms with van der Waals surface area (Å²) in [7, 11) is 0. The molecule has 0 radical (unpaired) electrons. The Labute approximate surface area is 91.9 Å². The summed E-state index contributed by atoms with van der Waals surface area (Å²) in [5.74, 6) is 0.566. The van der Waals surface area contributed by atoms with Crippen molar-refractivity contribution < 1.29 is 0 Å². The van der Waals surface area contributed by atoms with Gasteiger partial charge < -0.3 is 11.1 Å². The maximum atomic E-state index is 5.90. The number of anilines is 1. The fourth-order valence-electron chi connectivity index (χ4n) is 1.91. The van der Waals surface area contributed by atoms with Gasteiger partial charge in [0.2, 0.25) is 0 Å². The van der Waals surface area contributed by atoms with Crippen LogP contribution in [0.5, 0.6) is 0 Å². The van der Waals surface area contributed by atoms with Crippen LogP contribution in [0.4, 0.5) is 5.69 Å². The quantitative estimate of drug-likeness (QED) is 0.777. The molecule has 2 heteroatoms. The third-order valence-electron chi connectivity index (χ3n) is 2.71. The molecule has 2 nitrogen and oxygen atoms in total. The lowest BCUT2D eigenvalue weighted by Gasteiger charge is -2.24. The highest BCUT2D eigenvalue weighted by atomic mass is 15.0. The zero-order valence-electron chi connectivity index (χ0n) is 9.75. The minimum absolute atomic E-state index is 0.106. The lowest BCUT2D eigenvalue weighted by atomic mass is 10.0. The molecule has 0 aliphatic heterocycles. The summed E-state index contributed by atoms with van der Waals surface area (Å²) in [4.78, 5) is 0. The molecule has 0 aromatic heterocycles. The Kier molecular flexibility index (Phi) is 2.47. The third-order valence-corrected chi connectivity index (χ3v) is 2.71. The van der Waals surface area contributed by atoms with Crippen molar-refractivity contribution in [2.45, 2.75) is 44.7 Å². The number of rotatable bonds is 2. The summed E-state index contributed by atoms with van der Waals surface area (Å²) < 4.78 is 0. The van der Waals surface area contributed by atoms with Gasteiger partial charge in [-0.1, -0.05) is 18.2 Å². The van der Waals surface area contributed by atoms with E-state index in [1.807, 2.05) is 0 Å². The number of nitrogens with two attached hydrogens (primary N) is 1. The first-order valence-corrected chi connectivity index (χ1v) is 5.60. The van der Waals surface area contributed by atoms with Crippen molar-refractivity contribution in [3.05, 3.63) is 29.8 Å². The number of para-hydroxylation sites is 1. The molecule has 1 aliphatic rings. The summed E-state index contributed by atoms with van der Waals surface area (Å²) in [6, 6.07) is 8.87. The Bertz CT molecular complexity index is 352. The van der Waals surface area contributed by atoms with Crippen LogP contribution in [-0.2, 0) is 0 Å². The number of benzene rings is 1. The Balaban J connectivity index is 2.23. The lowest BCUT2D eigenvalue weighted by molar-refractivity contribution is 0.632. The van der Waals surface area contributed by atoms with Gasteiger partial charge in [-0.2, -0.15) is 0 Å². The van der Waals surface area contributed by atoms with Crippen molar-refractivity contribution in [2.75, 3.05) is 5.32 Å². The molecule has 1 aromatic rings. The number of hydrogen-bond donors (Lipinski definition) is 2. The van der Waals surface area contributed by atoms with Gasteiger partial charge in [0, 0.05) is 23.2 Å². The first-order chi connectivity index (χ1) is 6.97. The highest BCUT2D eigenvalue weighted by Crippen LogP contribution is 2.42. The van der Waals surface area contributed by atoms with Crippen LogP contribution in [-0.4, -0.2) is 11.6 Å². The van der Waals surface area contributed by atoms with E-state index in [1.54, 1.807) is 0 Å². The molecule has 2 atom stereocenters. The van der Waals surface area contributed by atoms with Gasteiger partial charge in [-0.25, -0.2) is 0 Å². The molecule has 1 aromatic carbocycles. The van der Waals surface area contributed by atoms with Crippen LogP contribution in [0.3, 0.4) is 0 Å². The molecular weight excluding hydrogens is 184 g/mol. The van der Waals surface area contributed by atoms with Gasteiger partial charge in [-0.05, 0) is 38.8 Å². The lowest BCUT2D eigenvalue weighted by Crippen LogP contribution is -2.26. The largest absolute Gasteiger partial charge is 0.380 e. The maximum Gasteiger partial charge on any atom is 0.0380 e. The molecule has 0 amide bonds. The highest BCUT2D eigenvalue weighted by molar-refractivity contribution is 5.56. The van der Waals surface area contributed by atoms with Crippen molar-refractivity contribution in [3.8, 4) is 0 Å². The zero-order valence-corrected chi connectivity index (χ0v) is 9.75. The monoisotopic (exact) mass is 204 g/mol. The Hall–Kier alpha value is -1.02. The van der Waals surface area contributed by atoms with Gasteiger partial charge in [0.1, 0.15) is 0 Å². The van der Waals surface area contributed by atoms with Gasteiger partial charge in [-0.3, -0.25) is 0 Å². The Morgan fingerprint density at radius 3 is 2.40 bits per heavy atom. The first-order valence-electron chi connectivity index (χ1n) is 5.60. The van der Waals surface area contributed by atoms with Crippen LogP contribution in [0.15, 0.2) is 24.3 Å². The highest BCUT2D eigenvalue weighted by Gasteiger charge is 2.36. The molecule has 1 fully saturated rings.